The lowest BCUT2D eigenvalue weighted by molar-refractivity contribution is -0.149. The van der Waals surface area contributed by atoms with Crippen LogP contribution in [0.3, 0.4) is 0 Å². The number of carbonyl (C=O) groups excluding carboxylic acids is 1. The zero-order valence-corrected chi connectivity index (χ0v) is 29.0. The quantitative estimate of drug-likeness (QED) is 0.0443. The molecule has 254 valence electrons. The number of carboxylic acids is 1. The van der Waals surface area contributed by atoms with Gasteiger partial charge >= 0.3 is 11.9 Å². The summed E-state index contributed by atoms with van der Waals surface area (Å²) in [5.41, 5.74) is 0. The molecule has 0 aromatic rings. The molecule has 0 aliphatic carbocycles. The van der Waals surface area contributed by atoms with Crippen LogP contribution < -0.4 is 0 Å². The van der Waals surface area contributed by atoms with E-state index in [0.29, 0.717) is 12.8 Å². The fraction of sp³-hybridized carbons (Fsp3) is 0.897. The highest BCUT2D eigenvalue weighted by Crippen LogP contribution is 2.17. The minimum Gasteiger partial charge on any atom is -0.481 e. The first-order chi connectivity index (χ1) is 21.1. The Labute approximate surface area is 268 Å². The second-order valence-electron chi connectivity index (χ2n) is 13.1. The number of hydrogen-bond acceptors (Lipinski definition) is 3. The van der Waals surface area contributed by atoms with E-state index in [1.807, 2.05) is 0 Å². The molecule has 43 heavy (non-hydrogen) atoms. The number of carbonyl (C=O) groups is 2. The minimum atomic E-state index is -0.663. The van der Waals surface area contributed by atoms with Gasteiger partial charge in [-0.3, -0.25) is 9.59 Å². The summed E-state index contributed by atoms with van der Waals surface area (Å²) in [7, 11) is 0. The summed E-state index contributed by atoms with van der Waals surface area (Å²) in [4.78, 5) is 22.8. The molecule has 1 N–H and O–H groups in total. The molecule has 0 rings (SSSR count). The number of allylic oxidation sites excluding steroid dienone is 2. The molecule has 0 bridgehead atoms. The van der Waals surface area contributed by atoms with Crippen LogP contribution in [0.15, 0.2) is 12.2 Å². The molecule has 0 aliphatic rings. The molecule has 0 radical (unpaired) electrons. The van der Waals surface area contributed by atoms with E-state index in [4.69, 9.17) is 9.84 Å². The fourth-order valence-corrected chi connectivity index (χ4v) is 5.88. The molecule has 0 aromatic heterocycles. The molecule has 0 fully saturated rings. The fourth-order valence-electron chi connectivity index (χ4n) is 5.88. The number of hydrogen-bond donors (Lipinski definition) is 1. The van der Waals surface area contributed by atoms with Crippen molar-refractivity contribution in [2.45, 2.75) is 225 Å². The van der Waals surface area contributed by atoms with Crippen LogP contribution in [0.4, 0.5) is 0 Å². The number of esters is 1. The third-order valence-electron chi connectivity index (χ3n) is 8.81. The summed E-state index contributed by atoms with van der Waals surface area (Å²) >= 11 is 0. The van der Waals surface area contributed by atoms with Crippen molar-refractivity contribution in [1.29, 1.82) is 0 Å². The molecule has 4 heteroatoms. The summed E-state index contributed by atoms with van der Waals surface area (Å²) in [5.74, 6) is -0.646. The summed E-state index contributed by atoms with van der Waals surface area (Å²) in [6.45, 7) is 4.41. The molecule has 0 saturated heterocycles. The average molecular weight is 607 g/mol. The third kappa shape index (κ3) is 35.0. The second kappa shape index (κ2) is 35.2. The molecule has 0 amide bonds. The zero-order chi connectivity index (χ0) is 31.5. The molecule has 0 heterocycles. The molecule has 0 saturated carbocycles. The predicted octanol–water partition coefficient (Wildman–Crippen LogP) is 13.1. The van der Waals surface area contributed by atoms with Crippen molar-refractivity contribution in [3.8, 4) is 0 Å². The average Bonchev–Trinajstić information content (AvgIpc) is 2.99. The van der Waals surface area contributed by atoms with Gasteiger partial charge in [-0.05, 0) is 57.8 Å². The Morgan fingerprint density at radius 2 is 0.884 bits per heavy atom. The normalized spacial score (nSPS) is 12.2. The lowest BCUT2D eigenvalue weighted by Gasteiger charge is -2.16. The van der Waals surface area contributed by atoms with Crippen molar-refractivity contribution in [3.63, 3.8) is 0 Å². The van der Waals surface area contributed by atoms with Gasteiger partial charge in [0.05, 0.1) is 0 Å². The number of carboxylic acid groups (broad SMARTS) is 1. The SMILES string of the molecule is CCCCCC/C=C\CCCCCCCCC(=O)OC(CC)CCCCCCCCCCCCCCCCCCC(=O)O. The summed E-state index contributed by atoms with van der Waals surface area (Å²) in [6, 6.07) is 0. The van der Waals surface area contributed by atoms with Gasteiger partial charge < -0.3 is 9.84 Å². The number of aliphatic carboxylic acids is 1. The summed E-state index contributed by atoms with van der Waals surface area (Å²) < 4.78 is 5.78. The van der Waals surface area contributed by atoms with Gasteiger partial charge in [0, 0.05) is 12.8 Å². The number of ether oxygens (including phenoxy) is 1. The standard InChI is InChI=1S/C39H74O4/c1-3-5-6-7-8-9-10-11-18-21-24-27-30-33-36-39(42)43-37(4-2)34-31-28-25-22-19-16-14-12-13-15-17-20-23-26-29-32-35-38(40)41/h9-10,37H,3-8,11-36H2,1-2H3,(H,40,41)/b10-9-. The van der Waals surface area contributed by atoms with Crippen molar-refractivity contribution in [3.05, 3.63) is 12.2 Å². The van der Waals surface area contributed by atoms with Crippen LogP contribution in [0.5, 0.6) is 0 Å². The van der Waals surface area contributed by atoms with E-state index in [9.17, 15) is 9.59 Å². The highest BCUT2D eigenvalue weighted by Gasteiger charge is 2.12. The highest BCUT2D eigenvalue weighted by molar-refractivity contribution is 5.69. The van der Waals surface area contributed by atoms with E-state index >= 15 is 0 Å². The Hall–Kier alpha value is -1.32. The third-order valence-corrected chi connectivity index (χ3v) is 8.81. The predicted molar refractivity (Wildman–Crippen MR) is 186 cm³/mol. The maximum atomic E-state index is 12.3. The Balaban J connectivity index is 3.41. The van der Waals surface area contributed by atoms with Gasteiger partial charge in [0.2, 0.25) is 0 Å². The molecular formula is C39H74O4. The van der Waals surface area contributed by atoms with Gasteiger partial charge in [0.1, 0.15) is 6.10 Å². The van der Waals surface area contributed by atoms with Crippen LogP contribution >= 0.6 is 0 Å². The van der Waals surface area contributed by atoms with Gasteiger partial charge in [-0.25, -0.2) is 0 Å². The topological polar surface area (TPSA) is 63.6 Å². The molecule has 1 atom stereocenters. The molecule has 4 nitrogen and oxygen atoms in total. The van der Waals surface area contributed by atoms with Gasteiger partial charge in [-0.1, -0.05) is 161 Å². The first-order valence-electron chi connectivity index (χ1n) is 19.2. The van der Waals surface area contributed by atoms with Crippen molar-refractivity contribution < 1.29 is 19.4 Å². The van der Waals surface area contributed by atoms with Gasteiger partial charge in [-0.2, -0.15) is 0 Å². The smallest absolute Gasteiger partial charge is 0.306 e. The summed E-state index contributed by atoms with van der Waals surface area (Å²) in [6.07, 6.45) is 43.2. The highest BCUT2D eigenvalue weighted by atomic mass is 16.5. The Bertz CT molecular complexity index is 614. The van der Waals surface area contributed by atoms with Crippen LogP contribution in [-0.4, -0.2) is 23.1 Å². The van der Waals surface area contributed by atoms with Crippen LogP contribution in [0.1, 0.15) is 219 Å². The maximum absolute atomic E-state index is 12.3. The largest absolute Gasteiger partial charge is 0.481 e. The maximum Gasteiger partial charge on any atom is 0.306 e. The Morgan fingerprint density at radius 1 is 0.512 bits per heavy atom. The zero-order valence-electron chi connectivity index (χ0n) is 29.0. The molecule has 0 aliphatic heterocycles. The van der Waals surface area contributed by atoms with Gasteiger partial charge in [0.25, 0.3) is 0 Å². The number of rotatable bonds is 35. The van der Waals surface area contributed by atoms with Crippen LogP contribution in [0, 0.1) is 0 Å². The van der Waals surface area contributed by atoms with E-state index < -0.39 is 5.97 Å². The Kier molecular flexibility index (Phi) is 34.1. The van der Waals surface area contributed by atoms with E-state index in [-0.39, 0.29) is 12.1 Å². The van der Waals surface area contributed by atoms with Crippen LogP contribution in [0.25, 0.3) is 0 Å². The summed E-state index contributed by atoms with van der Waals surface area (Å²) in [5, 5.41) is 8.65. The first kappa shape index (κ1) is 41.7. The van der Waals surface area contributed by atoms with E-state index in [0.717, 1.165) is 38.5 Å². The molecule has 0 spiro atoms. The lowest BCUT2D eigenvalue weighted by Crippen LogP contribution is -2.17. The van der Waals surface area contributed by atoms with Crippen LogP contribution in [0.2, 0.25) is 0 Å². The van der Waals surface area contributed by atoms with Gasteiger partial charge in [0.15, 0.2) is 0 Å². The Morgan fingerprint density at radius 3 is 1.30 bits per heavy atom. The number of unbranched alkanes of at least 4 members (excludes halogenated alkanes) is 25. The van der Waals surface area contributed by atoms with Crippen molar-refractivity contribution in [1.82, 2.24) is 0 Å². The second-order valence-corrected chi connectivity index (χ2v) is 13.1. The van der Waals surface area contributed by atoms with E-state index in [1.54, 1.807) is 0 Å². The molecule has 0 aromatic carbocycles. The molecule has 1 unspecified atom stereocenters. The lowest BCUT2D eigenvalue weighted by atomic mass is 10.0. The van der Waals surface area contributed by atoms with Crippen molar-refractivity contribution >= 4 is 11.9 Å². The molecular weight excluding hydrogens is 532 g/mol. The monoisotopic (exact) mass is 607 g/mol. The van der Waals surface area contributed by atoms with E-state index in [1.165, 1.54) is 154 Å². The minimum absolute atomic E-state index is 0.0175. The van der Waals surface area contributed by atoms with Crippen molar-refractivity contribution in [2.75, 3.05) is 0 Å². The first-order valence-corrected chi connectivity index (χ1v) is 19.2. The van der Waals surface area contributed by atoms with Gasteiger partial charge in [-0.15, -0.1) is 0 Å². The van der Waals surface area contributed by atoms with Crippen LogP contribution in [-0.2, 0) is 14.3 Å². The van der Waals surface area contributed by atoms with Crippen molar-refractivity contribution in [2.24, 2.45) is 0 Å². The van der Waals surface area contributed by atoms with E-state index in [2.05, 4.69) is 26.0 Å².